The van der Waals surface area contributed by atoms with Crippen LogP contribution in [0.1, 0.15) is 50.5 Å². The fraction of sp³-hybridized carbons (Fsp3) is 0.571. The highest BCUT2D eigenvalue weighted by Gasteiger charge is 2.40. The lowest BCUT2D eigenvalue weighted by Crippen LogP contribution is -2.48. The smallest absolute Gasteiger partial charge is 0.234 e. The van der Waals surface area contributed by atoms with Gasteiger partial charge in [0.05, 0.1) is 5.69 Å². The molecule has 152 valence electrons. The number of fused-ring (bicyclic) bond motifs is 2. The molecule has 2 unspecified atom stereocenters. The van der Waals surface area contributed by atoms with E-state index in [0.29, 0.717) is 23.2 Å². The third-order valence-electron chi connectivity index (χ3n) is 6.55. The van der Waals surface area contributed by atoms with Crippen LogP contribution < -0.4 is 16.0 Å². The minimum atomic E-state index is -0.180. The topological polar surface area (TPSA) is 92.5 Å². The van der Waals surface area contributed by atoms with Crippen LogP contribution in [-0.4, -0.2) is 23.8 Å². The highest BCUT2D eigenvalue weighted by Crippen LogP contribution is 2.42. The molecular formula is C21H28ClN3O3. The van der Waals surface area contributed by atoms with E-state index in [0.717, 1.165) is 31.2 Å². The van der Waals surface area contributed by atoms with Gasteiger partial charge in [-0.3, -0.25) is 19.3 Å². The van der Waals surface area contributed by atoms with Crippen molar-refractivity contribution in [2.24, 2.45) is 23.5 Å². The lowest BCUT2D eigenvalue weighted by molar-refractivity contribution is -0.123. The van der Waals surface area contributed by atoms with Crippen molar-refractivity contribution in [2.75, 3.05) is 10.2 Å². The summed E-state index contributed by atoms with van der Waals surface area (Å²) < 4.78 is 0. The number of nitrogens with zero attached hydrogens (tertiary/aromatic N) is 1. The molecule has 1 saturated heterocycles. The van der Waals surface area contributed by atoms with E-state index in [1.165, 1.54) is 11.3 Å². The van der Waals surface area contributed by atoms with Gasteiger partial charge < -0.3 is 11.1 Å². The lowest BCUT2D eigenvalue weighted by Gasteiger charge is -2.43. The maximum Gasteiger partial charge on any atom is 0.234 e. The molecule has 0 spiro atoms. The van der Waals surface area contributed by atoms with Crippen LogP contribution in [0.2, 0.25) is 0 Å². The van der Waals surface area contributed by atoms with Crippen LogP contribution in [0, 0.1) is 24.7 Å². The van der Waals surface area contributed by atoms with E-state index in [9.17, 15) is 14.4 Å². The number of carbonyl (C=O) groups excluding carboxylic acids is 3. The van der Waals surface area contributed by atoms with Gasteiger partial charge in [-0.25, -0.2) is 0 Å². The molecule has 2 atom stereocenters. The number of anilines is 2. The van der Waals surface area contributed by atoms with Crippen molar-refractivity contribution in [3.63, 3.8) is 0 Å². The first-order valence-corrected chi connectivity index (χ1v) is 9.97. The molecule has 3 N–H and O–H groups in total. The Bertz CT molecular complexity index is 767. The summed E-state index contributed by atoms with van der Waals surface area (Å²) in [6.45, 7) is 1.86. The van der Waals surface area contributed by atoms with E-state index in [4.69, 9.17) is 5.73 Å². The zero-order valence-electron chi connectivity index (χ0n) is 16.1. The van der Waals surface area contributed by atoms with Crippen LogP contribution in [0.4, 0.5) is 11.4 Å². The molecule has 2 bridgehead atoms. The van der Waals surface area contributed by atoms with Crippen molar-refractivity contribution in [2.45, 2.75) is 57.9 Å². The summed E-state index contributed by atoms with van der Waals surface area (Å²) in [7, 11) is 0. The van der Waals surface area contributed by atoms with Gasteiger partial charge in [0.15, 0.2) is 0 Å². The highest BCUT2D eigenvalue weighted by molar-refractivity contribution is 6.20. The predicted molar refractivity (Wildman–Crippen MR) is 110 cm³/mol. The van der Waals surface area contributed by atoms with Crippen molar-refractivity contribution >= 4 is 41.5 Å². The van der Waals surface area contributed by atoms with E-state index in [-0.39, 0.29) is 54.9 Å². The summed E-state index contributed by atoms with van der Waals surface area (Å²) in [5, 5.41) is 3.01. The molecule has 1 heterocycles. The number of benzene rings is 1. The molecule has 2 saturated carbocycles. The second-order valence-corrected chi connectivity index (χ2v) is 8.31. The number of imide groups is 1. The van der Waals surface area contributed by atoms with Gasteiger partial charge in [-0.2, -0.15) is 0 Å². The van der Waals surface area contributed by atoms with Gasteiger partial charge in [-0.15, -0.1) is 12.4 Å². The third-order valence-corrected chi connectivity index (χ3v) is 6.55. The van der Waals surface area contributed by atoms with Gasteiger partial charge >= 0.3 is 0 Å². The summed E-state index contributed by atoms with van der Waals surface area (Å²) in [6, 6.07) is 5.65. The maximum atomic E-state index is 12.9. The normalized spacial score (nSPS) is 29.4. The summed E-state index contributed by atoms with van der Waals surface area (Å²) in [5.74, 6) is 0.539. The van der Waals surface area contributed by atoms with E-state index in [2.05, 4.69) is 5.32 Å². The molecule has 3 fully saturated rings. The van der Waals surface area contributed by atoms with Crippen molar-refractivity contribution in [1.29, 1.82) is 0 Å². The molecule has 1 aliphatic heterocycles. The Hall–Kier alpha value is -1.92. The van der Waals surface area contributed by atoms with Gasteiger partial charge in [0.2, 0.25) is 17.7 Å². The summed E-state index contributed by atoms with van der Waals surface area (Å²) in [6.07, 6.45) is 5.66. The number of hydrogen-bond donors (Lipinski definition) is 2. The molecule has 4 rings (SSSR count). The molecule has 3 aliphatic rings. The van der Waals surface area contributed by atoms with Crippen LogP contribution >= 0.6 is 12.4 Å². The molecule has 1 aromatic rings. The van der Waals surface area contributed by atoms with Crippen molar-refractivity contribution < 1.29 is 14.4 Å². The molecule has 1 aromatic carbocycles. The maximum absolute atomic E-state index is 12.9. The number of carbonyl (C=O) groups is 3. The second-order valence-electron chi connectivity index (χ2n) is 8.31. The van der Waals surface area contributed by atoms with E-state index in [1.54, 1.807) is 6.07 Å². The predicted octanol–water partition coefficient (Wildman–Crippen LogP) is 3.16. The minimum Gasteiger partial charge on any atom is -0.327 e. The second kappa shape index (κ2) is 8.21. The Labute approximate surface area is 171 Å². The number of amides is 3. The fourth-order valence-electron chi connectivity index (χ4n) is 5.02. The molecule has 0 aromatic heterocycles. The standard InChI is InChI=1S/C21H27N3O3.ClH/c1-12-5-6-16(11-17(12)24-18(25)7-8-19(24)26)23-21(27)15-9-13-3-2-4-14(10-15)20(13)22;/h5-6,11,13-15,20H,2-4,7-10,22H2,1H3,(H,23,27);1H. The first kappa shape index (κ1) is 20.8. The SMILES string of the molecule is Cc1ccc(NC(=O)C2CC3CCCC(C2)C3N)cc1N1C(=O)CCC1=O.Cl. The van der Waals surface area contributed by atoms with E-state index in [1.807, 2.05) is 19.1 Å². The monoisotopic (exact) mass is 405 g/mol. The number of nitrogens with one attached hydrogen (secondary N) is 1. The molecule has 7 heteroatoms. The first-order chi connectivity index (χ1) is 12.9. The van der Waals surface area contributed by atoms with Gasteiger partial charge in [-0.05, 0) is 62.1 Å². The van der Waals surface area contributed by atoms with Gasteiger partial charge in [0, 0.05) is 30.5 Å². The van der Waals surface area contributed by atoms with Gasteiger partial charge in [0.25, 0.3) is 0 Å². The number of rotatable bonds is 3. The van der Waals surface area contributed by atoms with Crippen LogP contribution in [0.15, 0.2) is 18.2 Å². The Kier molecular flexibility index (Phi) is 6.10. The highest BCUT2D eigenvalue weighted by atomic mass is 35.5. The molecule has 2 aliphatic carbocycles. The minimum absolute atomic E-state index is 0. The first-order valence-electron chi connectivity index (χ1n) is 9.97. The number of hydrogen-bond acceptors (Lipinski definition) is 4. The number of halogens is 1. The molecule has 0 radical (unpaired) electrons. The Morgan fingerprint density at radius 2 is 1.71 bits per heavy atom. The number of aryl methyl sites for hydroxylation is 1. The summed E-state index contributed by atoms with van der Waals surface area (Å²) in [5.41, 5.74) is 8.38. The van der Waals surface area contributed by atoms with Crippen molar-refractivity contribution in [3.05, 3.63) is 23.8 Å². The Morgan fingerprint density at radius 3 is 2.32 bits per heavy atom. The zero-order valence-corrected chi connectivity index (χ0v) is 17.0. The fourth-order valence-corrected chi connectivity index (χ4v) is 5.02. The van der Waals surface area contributed by atoms with Crippen molar-refractivity contribution in [1.82, 2.24) is 0 Å². The quantitative estimate of drug-likeness (QED) is 0.755. The molecule has 28 heavy (non-hydrogen) atoms. The average molecular weight is 406 g/mol. The van der Waals surface area contributed by atoms with Crippen LogP contribution in [0.25, 0.3) is 0 Å². The third kappa shape index (κ3) is 3.80. The molecular weight excluding hydrogens is 378 g/mol. The molecule has 6 nitrogen and oxygen atoms in total. The summed E-state index contributed by atoms with van der Waals surface area (Å²) in [4.78, 5) is 38.2. The van der Waals surface area contributed by atoms with Crippen LogP contribution in [0.3, 0.4) is 0 Å². The van der Waals surface area contributed by atoms with E-state index >= 15 is 0 Å². The molecule has 3 amide bonds. The average Bonchev–Trinajstić information content (AvgIpc) is 2.95. The lowest BCUT2D eigenvalue weighted by atomic mass is 9.65. The number of nitrogens with two attached hydrogens (primary N) is 1. The van der Waals surface area contributed by atoms with Gasteiger partial charge in [-0.1, -0.05) is 12.5 Å². The largest absolute Gasteiger partial charge is 0.327 e. The van der Waals surface area contributed by atoms with Crippen LogP contribution in [-0.2, 0) is 14.4 Å². The van der Waals surface area contributed by atoms with Gasteiger partial charge in [0.1, 0.15) is 0 Å². The Morgan fingerprint density at radius 1 is 1.11 bits per heavy atom. The van der Waals surface area contributed by atoms with Crippen molar-refractivity contribution in [3.8, 4) is 0 Å². The van der Waals surface area contributed by atoms with E-state index < -0.39 is 0 Å². The zero-order chi connectivity index (χ0) is 19.1. The van der Waals surface area contributed by atoms with Crippen LogP contribution in [0.5, 0.6) is 0 Å². The summed E-state index contributed by atoms with van der Waals surface area (Å²) >= 11 is 0. The Balaban J connectivity index is 0.00000225.